The molecule has 0 unspecified atom stereocenters. The van der Waals surface area contributed by atoms with Crippen molar-refractivity contribution in [2.24, 2.45) is 0 Å². The SMILES string of the molecule is CCC(C)(CC)n1nnc2c1[C@H](OC)[C@@H](OC)CN(C(=O)CCC(=O)OC(C)(C)C)CC2(F)F. The highest BCUT2D eigenvalue weighted by Crippen LogP contribution is 2.41. The number of nitrogens with zero attached hydrogens (tertiary/aromatic N) is 4. The van der Waals surface area contributed by atoms with Gasteiger partial charge in [0.15, 0.2) is 5.69 Å². The van der Waals surface area contributed by atoms with Gasteiger partial charge in [0.1, 0.15) is 23.5 Å². The van der Waals surface area contributed by atoms with E-state index in [1.807, 2.05) is 20.8 Å². The quantitative estimate of drug-likeness (QED) is 0.516. The van der Waals surface area contributed by atoms with Crippen molar-refractivity contribution in [1.82, 2.24) is 19.9 Å². The van der Waals surface area contributed by atoms with Gasteiger partial charge in [-0.15, -0.1) is 5.10 Å². The van der Waals surface area contributed by atoms with Gasteiger partial charge >= 0.3 is 11.9 Å². The van der Waals surface area contributed by atoms with Crippen molar-refractivity contribution in [3.63, 3.8) is 0 Å². The molecule has 0 aliphatic carbocycles. The molecule has 2 rings (SSSR count). The summed E-state index contributed by atoms with van der Waals surface area (Å²) in [5, 5.41) is 7.97. The number of amides is 1. The van der Waals surface area contributed by atoms with E-state index in [0.29, 0.717) is 12.8 Å². The molecule has 34 heavy (non-hydrogen) atoms. The number of hydrogen-bond acceptors (Lipinski definition) is 7. The van der Waals surface area contributed by atoms with Gasteiger partial charge in [-0.25, -0.2) is 4.68 Å². The molecule has 0 saturated carbocycles. The second-order valence-electron chi connectivity index (χ2n) is 9.93. The fraction of sp³-hybridized carbons (Fsp3) is 0.826. The predicted octanol–water partition coefficient (Wildman–Crippen LogP) is 3.57. The Morgan fingerprint density at radius 2 is 1.71 bits per heavy atom. The first kappa shape index (κ1) is 28.1. The van der Waals surface area contributed by atoms with Gasteiger partial charge in [-0.3, -0.25) is 9.59 Å². The summed E-state index contributed by atoms with van der Waals surface area (Å²) in [6.45, 7) is 9.94. The zero-order chi connectivity index (χ0) is 25.9. The number of ether oxygens (including phenoxy) is 3. The summed E-state index contributed by atoms with van der Waals surface area (Å²) in [5.74, 6) is -4.65. The number of halogens is 2. The maximum atomic E-state index is 15.5. The molecule has 1 aromatic heterocycles. The van der Waals surface area contributed by atoms with Crippen molar-refractivity contribution in [1.29, 1.82) is 0 Å². The number of esters is 1. The molecule has 0 N–H and O–H groups in total. The third-order valence-electron chi connectivity index (χ3n) is 6.36. The zero-order valence-corrected chi connectivity index (χ0v) is 21.5. The van der Waals surface area contributed by atoms with Gasteiger partial charge in [-0.05, 0) is 40.5 Å². The second kappa shape index (κ2) is 10.6. The third-order valence-corrected chi connectivity index (χ3v) is 6.36. The number of fused-ring (bicyclic) bond motifs is 1. The van der Waals surface area contributed by atoms with Crippen LogP contribution in [0.1, 0.15) is 84.7 Å². The molecular weight excluding hydrogens is 450 g/mol. The molecule has 1 aliphatic heterocycles. The Bertz CT molecular complexity index is 864. The maximum absolute atomic E-state index is 15.5. The number of aromatic nitrogens is 3. The lowest BCUT2D eigenvalue weighted by molar-refractivity contribution is -0.157. The van der Waals surface area contributed by atoms with Crippen LogP contribution < -0.4 is 0 Å². The standard InChI is InChI=1S/C23H38F2N4O5/c1-9-22(6,10-2)29-18-19(33-8)15(32-7)13-28(14-23(24,25)20(18)26-27-29)16(30)11-12-17(31)34-21(3,4)5/h15,19H,9-14H2,1-8H3/t15-,19+/m0/s1. The van der Waals surface area contributed by atoms with Crippen LogP contribution in [0.2, 0.25) is 0 Å². The summed E-state index contributed by atoms with van der Waals surface area (Å²) in [6, 6.07) is 0. The van der Waals surface area contributed by atoms with Crippen LogP contribution >= 0.6 is 0 Å². The molecule has 0 saturated heterocycles. The van der Waals surface area contributed by atoms with Crippen molar-refractivity contribution in [3.05, 3.63) is 11.4 Å². The molecule has 11 heteroatoms. The molecule has 0 aromatic carbocycles. The summed E-state index contributed by atoms with van der Waals surface area (Å²) >= 11 is 0. The van der Waals surface area contributed by atoms with E-state index in [1.54, 1.807) is 20.8 Å². The van der Waals surface area contributed by atoms with E-state index < -0.39 is 53.4 Å². The van der Waals surface area contributed by atoms with Gasteiger partial charge in [0.25, 0.3) is 0 Å². The smallest absolute Gasteiger partial charge is 0.310 e. The molecule has 0 radical (unpaired) electrons. The molecular formula is C23H38F2N4O5. The highest BCUT2D eigenvalue weighted by atomic mass is 19.3. The normalized spacial score (nSPS) is 20.9. The van der Waals surface area contributed by atoms with E-state index in [2.05, 4.69) is 10.3 Å². The molecule has 0 spiro atoms. The predicted molar refractivity (Wildman–Crippen MR) is 120 cm³/mol. The first-order valence-corrected chi connectivity index (χ1v) is 11.6. The van der Waals surface area contributed by atoms with Crippen molar-refractivity contribution in [3.8, 4) is 0 Å². The molecule has 1 aromatic rings. The zero-order valence-electron chi connectivity index (χ0n) is 21.5. The minimum Gasteiger partial charge on any atom is -0.460 e. The van der Waals surface area contributed by atoms with Gasteiger partial charge in [0.2, 0.25) is 5.91 Å². The topological polar surface area (TPSA) is 95.8 Å². The van der Waals surface area contributed by atoms with Crippen LogP contribution in [0.25, 0.3) is 0 Å². The van der Waals surface area contributed by atoms with Crippen molar-refractivity contribution in [2.45, 2.75) is 96.5 Å². The van der Waals surface area contributed by atoms with E-state index in [0.717, 1.165) is 4.90 Å². The molecule has 0 fully saturated rings. The summed E-state index contributed by atoms with van der Waals surface area (Å²) in [6.07, 6.45) is -0.860. The first-order chi connectivity index (χ1) is 15.7. The van der Waals surface area contributed by atoms with Gasteiger partial charge in [-0.2, -0.15) is 8.78 Å². The molecule has 194 valence electrons. The number of carbonyl (C=O) groups is 2. The Morgan fingerprint density at radius 1 is 1.09 bits per heavy atom. The third kappa shape index (κ3) is 6.10. The molecule has 2 heterocycles. The number of rotatable bonds is 8. The fourth-order valence-electron chi connectivity index (χ4n) is 4.03. The van der Waals surface area contributed by atoms with Crippen LogP contribution in [-0.4, -0.2) is 70.8 Å². The summed E-state index contributed by atoms with van der Waals surface area (Å²) in [4.78, 5) is 25.9. The minimum atomic E-state index is -3.48. The van der Waals surface area contributed by atoms with Crippen molar-refractivity contribution < 1.29 is 32.6 Å². The van der Waals surface area contributed by atoms with Crippen molar-refractivity contribution in [2.75, 3.05) is 27.3 Å². The highest BCUT2D eigenvalue weighted by Gasteiger charge is 2.49. The Hall–Kier alpha value is -2.14. The summed E-state index contributed by atoms with van der Waals surface area (Å²) < 4.78 is 49.0. The van der Waals surface area contributed by atoms with Crippen LogP contribution in [0.5, 0.6) is 0 Å². The van der Waals surface area contributed by atoms with Crippen molar-refractivity contribution >= 4 is 11.9 Å². The number of alkyl halides is 2. The van der Waals surface area contributed by atoms with Crippen LogP contribution in [0.4, 0.5) is 8.78 Å². The number of hydrogen-bond donors (Lipinski definition) is 0. The highest BCUT2D eigenvalue weighted by molar-refractivity contribution is 5.81. The van der Waals surface area contributed by atoms with E-state index >= 15 is 8.78 Å². The largest absolute Gasteiger partial charge is 0.460 e. The van der Waals surface area contributed by atoms with Gasteiger partial charge in [0.05, 0.1) is 25.0 Å². The van der Waals surface area contributed by atoms with Crippen LogP contribution in [-0.2, 0) is 35.3 Å². The van der Waals surface area contributed by atoms with Crippen LogP contribution in [0, 0.1) is 0 Å². The van der Waals surface area contributed by atoms with Crippen LogP contribution in [0.3, 0.4) is 0 Å². The fourth-order valence-corrected chi connectivity index (χ4v) is 4.03. The van der Waals surface area contributed by atoms with E-state index in [9.17, 15) is 9.59 Å². The number of carbonyl (C=O) groups excluding carboxylic acids is 2. The van der Waals surface area contributed by atoms with E-state index in [-0.39, 0.29) is 25.1 Å². The maximum Gasteiger partial charge on any atom is 0.310 e. The Morgan fingerprint density at radius 3 is 2.21 bits per heavy atom. The van der Waals surface area contributed by atoms with E-state index in [4.69, 9.17) is 14.2 Å². The molecule has 1 amide bonds. The monoisotopic (exact) mass is 488 g/mol. The molecule has 0 bridgehead atoms. The first-order valence-electron chi connectivity index (χ1n) is 11.6. The average molecular weight is 489 g/mol. The summed E-state index contributed by atoms with van der Waals surface area (Å²) in [5.41, 5.74) is -1.62. The lowest BCUT2D eigenvalue weighted by Gasteiger charge is -2.38. The van der Waals surface area contributed by atoms with E-state index in [1.165, 1.54) is 18.9 Å². The number of methoxy groups -OCH3 is 2. The second-order valence-corrected chi connectivity index (χ2v) is 9.93. The molecule has 9 nitrogen and oxygen atoms in total. The van der Waals surface area contributed by atoms with Gasteiger partial charge in [-0.1, -0.05) is 19.1 Å². The Kier molecular flexibility index (Phi) is 8.79. The Balaban J connectivity index is 2.41. The summed E-state index contributed by atoms with van der Waals surface area (Å²) in [7, 11) is 2.84. The molecule has 2 atom stereocenters. The Labute approximate surface area is 200 Å². The average Bonchev–Trinajstić information content (AvgIpc) is 3.20. The lowest BCUT2D eigenvalue weighted by atomic mass is 9.93. The van der Waals surface area contributed by atoms with Gasteiger partial charge < -0.3 is 19.1 Å². The minimum absolute atomic E-state index is 0.142. The van der Waals surface area contributed by atoms with Gasteiger partial charge in [0, 0.05) is 20.6 Å². The lowest BCUT2D eigenvalue weighted by Crippen LogP contribution is -2.49. The molecule has 1 aliphatic rings. The van der Waals surface area contributed by atoms with Crippen LogP contribution in [0.15, 0.2) is 0 Å².